The van der Waals surface area contributed by atoms with Gasteiger partial charge in [-0.25, -0.2) is 4.39 Å². The van der Waals surface area contributed by atoms with Crippen LogP contribution in [0.15, 0.2) is 12.1 Å². The van der Waals surface area contributed by atoms with Gasteiger partial charge in [-0.2, -0.15) is 0 Å². The fraction of sp³-hybridized carbons (Fsp3) is 0.417. The maximum atomic E-state index is 14.0. The highest BCUT2D eigenvalue weighted by Crippen LogP contribution is 2.53. The molecule has 1 saturated carbocycles. The summed E-state index contributed by atoms with van der Waals surface area (Å²) in [5.41, 5.74) is -0.314. The predicted octanol–water partition coefficient (Wildman–Crippen LogP) is 2.05. The zero-order valence-corrected chi connectivity index (χ0v) is 9.36. The first-order chi connectivity index (χ1) is 8.00. The summed E-state index contributed by atoms with van der Waals surface area (Å²) in [6.45, 7) is 0. The molecular weight excluding hydrogens is 227 g/mol. The van der Waals surface area contributed by atoms with Crippen LogP contribution in [0.3, 0.4) is 0 Å². The van der Waals surface area contributed by atoms with Crippen LogP contribution in [0.2, 0.25) is 0 Å². The van der Waals surface area contributed by atoms with Crippen LogP contribution in [-0.2, 0) is 10.2 Å². The van der Waals surface area contributed by atoms with Crippen molar-refractivity contribution in [3.63, 3.8) is 0 Å². The number of rotatable bonds is 4. The van der Waals surface area contributed by atoms with E-state index >= 15 is 0 Å². The number of aliphatic carboxylic acids is 1. The largest absolute Gasteiger partial charge is 0.504 e. The monoisotopic (exact) mass is 240 g/mol. The highest BCUT2D eigenvalue weighted by Gasteiger charge is 2.48. The van der Waals surface area contributed by atoms with Gasteiger partial charge >= 0.3 is 5.97 Å². The summed E-state index contributed by atoms with van der Waals surface area (Å²) in [6.07, 6.45) is 1.19. The highest BCUT2D eigenvalue weighted by atomic mass is 19.1. The Morgan fingerprint density at radius 2 is 2.18 bits per heavy atom. The van der Waals surface area contributed by atoms with E-state index in [-0.39, 0.29) is 17.9 Å². The van der Waals surface area contributed by atoms with Gasteiger partial charge in [0.05, 0.1) is 13.5 Å². The molecule has 2 rings (SSSR count). The summed E-state index contributed by atoms with van der Waals surface area (Å²) in [6, 6.07) is 2.77. The van der Waals surface area contributed by atoms with Gasteiger partial charge in [0.2, 0.25) is 0 Å². The molecule has 0 aromatic heterocycles. The average Bonchev–Trinajstić information content (AvgIpc) is 2.98. The van der Waals surface area contributed by atoms with Gasteiger partial charge in [-0.1, -0.05) is 6.07 Å². The molecule has 17 heavy (non-hydrogen) atoms. The number of benzene rings is 1. The lowest BCUT2D eigenvalue weighted by atomic mass is 9.91. The molecule has 1 fully saturated rings. The van der Waals surface area contributed by atoms with Gasteiger partial charge in [-0.05, 0) is 24.5 Å². The summed E-state index contributed by atoms with van der Waals surface area (Å²) in [7, 11) is 1.26. The number of hydrogen-bond donors (Lipinski definition) is 2. The Labute approximate surface area is 97.6 Å². The molecule has 0 bridgehead atoms. The summed E-state index contributed by atoms with van der Waals surface area (Å²) in [5.74, 6) is -2.11. The molecule has 1 aliphatic carbocycles. The number of carbonyl (C=O) groups is 1. The highest BCUT2D eigenvalue weighted by molar-refractivity contribution is 5.70. The Hall–Kier alpha value is -1.78. The number of phenols is 1. The predicted molar refractivity (Wildman–Crippen MR) is 57.8 cm³/mol. The number of methoxy groups -OCH3 is 1. The maximum absolute atomic E-state index is 14.0. The number of ether oxygens (including phenoxy) is 1. The maximum Gasteiger partial charge on any atom is 0.304 e. The molecule has 1 aliphatic rings. The normalized spacial score (nSPS) is 16.6. The van der Waals surface area contributed by atoms with Gasteiger partial charge in [0.1, 0.15) is 0 Å². The molecular formula is C12H13FO4. The molecule has 0 amide bonds. The average molecular weight is 240 g/mol. The Balaban J connectivity index is 2.43. The van der Waals surface area contributed by atoms with Gasteiger partial charge in [0.15, 0.2) is 17.3 Å². The Morgan fingerprint density at radius 3 is 2.65 bits per heavy atom. The van der Waals surface area contributed by atoms with E-state index in [1.165, 1.54) is 19.2 Å². The van der Waals surface area contributed by atoms with E-state index in [0.717, 1.165) is 0 Å². The SMILES string of the molecule is COc1c(O)ccc(C2(CC(=O)O)CC2)c1F. The van der Waals surface area contributed by atoms with Crippen molar-refractivity contribution in [2.24, 2.45) is 0 Å². The van der Waals surface area contributed by atoms with Gasteiger partial charge in [0.25, 0.3) is 0 Å². The fourth-order valence-corrected chi connectivity index (χ4v) is 2.13. The first kappa shape index (κ1) is 11.7. The molecule has 0 atom stereocenters. The van der Waals surface area contributed by atoms with Crippen LogP contribution in [0.25, 0.3) is 0 Å². The minimum absolute atomic E-state index is 0.0994. The van der Waals surface area contributed by atoms with Crippen LogP contribution in [0.1, 0.15) is 24.8 Å². The van der Waals surface area contributed by atoms with Crippen LogP contribution < -0.4 is 4.74 Å². The molecule has 0 aliphatic heterocycles. The van der Waals surface area contributed by atoms with Crippen molar-refractivity contribution in [2.45, 2.75) is 24.7 Å². The van der Waals surface area contributed by atoms with E-state index < -0.39 is 17.2 Å². The van der Waals surface area contributed by atoms with Crippen LogP contribution in [0.5, 0.6) is 11.5 Å². The molecule has 1 aromatic rings. The second kappa shape index (κ2) is 3.91. The quantitative estimate of drug-likeness (QED) is 0.845. The van der Waals surface area contributed by atoms with Crippen molar-refractivity contribution in [2.75, 3.05) is 7.11 Å². The molecule has 4 nitrogen and oxygen atoms in total. The minimum Gasteiger partial charge on any atom is -0.504 e. The molecule has 5 heteroatoms. The Morgan fingerprint density at radius 1 is 1.53 bits per heavy atom. The van der Waals surface area contributed by atoms with Crippen molar-refractivity contribution in [1.29, 1.82) is 0 Å². The van der Waals surface area contributed by atoms with Crippen molar-refractivity contribution in [3.05, 3.63) is 23.5 Å². The summed E-state index contributed by atoms with van der Waals surface area (Å²) < 4.78 is 18.8. The summed E-state index contributed by atoms with van der Waals surface area (Å²) in [4.78, 5) is 10.8. The van der Waals surface area contributed by atoms with Crippen LogP contribution in [-0.4, -0.2) is 23.3 Å². The summed E-state index contributed by atoms with van der Waals surface area (Å²) >= 11 is 0. The van der Waals surface area contributed by atoms with Crippen LogP contribution in [0, 0.1) is 5.82 Å². The topological polar surface area (TPSA) is 66.8 Å². The van der Waals surface area contributed by atoms with Gasteiger partial charge < -0.3 is 14.9 Å². The van der Waals surface area contributed by atoms with Gasteiger partial charge in [-0.3, -0.25) is 4.79 Å². The number of carboxylic acid groups (broad SMARTS) is 1. The second-order valence-corrected chi connectivity index (χ2v) is 4.33. The van der Waals surface area contributed by atoms with Crippen molar-refractivity contribution >= 4 is 5.97 Å². The molecule has 2 N–H and O–H groups in total. The smallest absolute Gasteiger partial charge is 0.304 e. The number of hydrogen-bond acceptors (Lipinski definition) is 3. The van der Waals surface area contributed by atoms with E-state index in [4.69, 9.17) is 9.84 Å². The molecule has 1 aromatic carbocycles. The lowest BCUT2D eigenvalue weighted by Gasteiger charge is -2.16. The standard InChI is InChI=1S/C12H13FO4/c1-17-11-8(14)3-2-7(10(11)13)12(4-5-12)6-9(15)16/h2-3,14H,4-6H2,1H3,(H,15,16). The first-order valence-corrected chi connectivity index (χ1v) is 5.28. The molecule has 92 valence electrons. The lowest BCUT2D eigenvalue weighted by molar-refractivity contribution is -0.137. The van der Waals surface area contributed by atoms with Crippen molar-refractivity contribution in [1.82, 2.24) is 0 Å². The van der Waals surface area contributed by atoms with E-state index in [1.807, 2.05) is 0 Å². The molecule has 0 heterocycles. The third-order valence-electron chi connectivity index (χ3n) is 3.19. The number of halogens is 1. The Bertz CT molecular complexity index is 466. The fourth-order valence-electron chi connectivity index (χ4n) is 2.13. The summed E-state index contributed by atoms with van der Waals surface area (Å²) in [5, 5.41) is 18.2. The number of phenolic OH excluding ortho intramolecular Hbond substituents is 1. The number of carboxylic acids is 1. The third kappa shape index (κ3) is 1.92. The van der Waals surface area contributed by atoms with E-state index in [0.29, 0.717) is 18.4 Å². The first-order valence-electron chi connectivity index (χ1n) is 5.28. The minimum atomic E-state index is -0.950. The molecule has 0 unspecified atom stereocenters. The van der Waals surface area contributed by atoms with Gasteiger partial charge in [0, 0.05) is 5.41 Å². The zero-order chi connectivity index (χ0) is 12.6. The molecule has 0 radical (unpaired) electrons. The lowest BCUT2D eigenvalue weighted by Crippen LogP contribution is -2.15. The number of aromatic hydroxyl groups is 1. The van der Waals surface area contributed by atoms with Gasteiger partial charge in [-0.15, -0.1) is 0 Å². The van der Waals surface area contributed by atoms with E-state index in [1.54, 1.807) is 0 Å². The zero-order valence-electron chi connectivity index (χ0n) is 9.36. The van der Waals surface area contributed by atoms with Crippen LogP contribution in [0.4, 0.5) is 4.39 Å². The van der Waals surface area contributed by atoms with Crippen molar-refractivity contribution < 1.29 is 24.1 Å². The third-order valence-corrected chi connectivity index (χ3v) is 3.19. The van der Waals surface area contributed by atoms with E-state index in [2.05, 4.69) is 0 Å². The van der Waals surface area contributed by atoms with E-state index in [9.17, 15) is 14.3 Å². The Kier molecular flexibility index (Phi) is 2.69. The molecule has 0 spiro atoms. The molecule has 0 saturated heterocycles. The van der Waals surface area contributed by atoms with Crippen LogP contribution >= 0.6 is 0 Å². The van der Waals surface area contributed by atoms with Crippen molar-refractivity contribution in [3.8, 4) is 11.5 Å². The second-order valence-electron chi connectivity index (χ2n) is 4.33.